The summed E-state index contributed by atoms with van der Waals surface area (Å²) in [6, 6.07) is 0. The molecule has 0 aliphatic carbocycles. The lowest BCUT2D eigenvalue weighted by Crippen LogP contribution is -2.17. The monoisotopic (exact) mass is 171 g/mol. The molecule has 6 heteroatoms. The SMILES string of the molecule is NN=C(N)c1cncc(Cl)n1. The molecule has 0 aliphatic heterocycles. The van der Waals surface area contributed by atoms with E-state index in [1.165, 1.54) is 12.4 Å². The molecule has 1 aromatic rings. The molecule has 0 saturated carbocycles. The summed E-state index contributed by atoms with van der Waals surface area (Å²) in [5, 5.41) is 3.49. The Morgan fingerprint density at radius 2 is 2.27 bits per heavy atom. The van der Waals surface area contributed by atoms with Crippen LogP contribution in [-0.2, 0) is 0 Å². The van der Waals surface area contributed by atoms with E-state index in [0.717, 1.165) is 0 Å². The average Bonchev–Trinajstić information content (AvgIpc) is 2.03. The zero-order chi connectivity index (χ0) is 8.27. The van der Waals surface area contributed by atoms with Crippen molar-refractivity contribution in [3.05, 3.63) is 23.2 Å². The van der Waals surface area contributed by atoms with Crippen molar-refractivity contribution >= 4 is 17.4 Å². The largest absolute Gasteiger partial charge is 0.380 e. The van der Waals surface area contributed by atoms with E-state index in [-0.39, 0.29) is 11.0 Å². The minimum Gasteiger partial charge on any atom is -0.380 e. The third-order valence-corrected chi connectivity index (χ3v) is 1.19. The number of aromatic nitrogens is 2. The smallest absolute Gasteiger partial charge is 0.170 e. The maximum absolute atomic E-state index is 5.52. The molecule has 0 aromatic carbocycles. The molecule has 0 fully saturated rings. The van der Waals surface area contributed by atoms with E-state index in [1.807, 2.05) is 0 Å². The molecular weight excluding hydrogens is 166 g/mol. The van der Waals surface area contributed by atoms with E-state index < -0.39 is 0 Å². The summed E-state index contributed by atoms with van der Waals surface area (Å²) in [6.07, 6.45) is 2.83. The van der Waals surface area contributed by atoms with Crippen molar-refractivity contribution in [2.24, 2.45) is 16.7 Å². The highest BCUT2D eigenvalue weighted by atomic mass is 35.5. The number of halogens is 1. The molecule has 0 unspecified atom stereocenters. The summed E-state index contributed by atoms with van der Waals surface area (Å²) in [5.41, 5.74) is 5.70. The number of hydrazone groups is 1. The van der Waals surface area contributed by atoms with Gasteiger partial charge in [0.1, 0.15) is 10.8 Å². The standard InChI is InChI=1S/C5H6ClN5/c6-4-2-9-1-3(10-4)5(7)11-8/h1-2H,8H2,(H2,7,11). The fraction of sp³-hybridized carbons (Fsp3) is 0. The maximum atomic E-state index is 5.52. The van der Waals surface area contributed by atoms with Crippen LogP contribution in [0.5, 0.6) is 0 Å². The molecular formula is C5H6ClN5. The molecule has 0 atom stereocenters. The summed E-state index contributed by atoms with van der Waals surface area (Å²) in [5.74, 6) is 5.02. The number of hydrogen-bond donors (Lipinski definition) is 2. The number of rotatable bonds is 1. The summed E-state index contributed by atoms with van der Waals surface area (Å²) in [6.45, 7) is 0. The molecule has 1 heterocycles. The second kappa shape index (κ2) is 3.16. The molecule has 0 aliphatic rings. The first kappa shape index (κ1) is 7.74. The van der Waals surface area contributed by atoms with Crippen LogP contribution in [0.1, 0.15) is 5.69 Å². The van der Waals surface area contributed by atoms with Crippen LogP contribution in [0.15, 0.2) is 17.5 Å². The quantitative estimate of drug-likeness (QED) is 0.263. The molecule has 1 rings (SSSR count). The van der Waals surface area contributed by atoms with Gasteiger partial charge in [-0.1, -0.05) is 11.6 Å². The minimum atomic E-state index is 0.111. The predicted octanol–water partition coefficient (Wildman–Crippen LogP) is -0.291. The van der Waals surface area contributed by atoms with Crippen LogP contribution in [0.25, 0.3) is 0 Å². The highest BCUT2D eigenvalue weighted by Gasteiger charge is 1.99. The molecule has 0 radical (unpaired) electrons. The number of nitrogens with two attached hydrogens (primary N) is 2. The van der Waals surface area contributed by atoms with Crippen LogP contribution in [0, 0.1) is 0 Å². The molecule has 0 spiro atoms. The molecule has 0 saturated heterocycles. The predicted molar refractivity (Wildman–Crippen MR) is 42.0 cm³/mol. The molecule has 11 heavy (non-hydrogen) atoms. The molecule has 1 aromatic heterocycles. The van der Waals surface area contributed by atoms with Crippen LogP contribution in [0.4, 0.5) is 0 Å². The Hall–Kier alpha value is -1.36. The van der Waals surface area contributed by atoms with E-state index in [0.29, 0.717) is 5.69 Å². The highest BCUT2D eigenvalue weighted by molar-refractivity contribution is 6.29. The topological polar surface area (TPSA) is 90.2 Å². The molecule has 5 nitrogen and oxygen atoms in total. The zero-order valence-electron chi connectivity index (χ0n) is 5.53. The highest BCUT2D eigenvalue weighted by Crippen LogP contribution is 2.01. The van der Waals surface area contributed by atoms with E-state index in [9.17, 15) is 0 Å². The van der Waals surface area contributed by atoms with Gasteiger partial charge >= 0.3 is 0 Å². The Morgan fingerprint density at radius 3 is 2.82 bits per heavy atom. The van der Waals surface area contributed by atoms with Crippen molar-refractivity contribution in [2.45, 2.75) is 0 Å². The lowest BCUT2D eigenvalue weighted by Gasteiger charge is -1.95. The summed E-state index contributed by atoms with van der Waals surface area (Å²) >= 11 is 5.52. The Morgan fingerprint density at radius 1 is 1.55 bits per heavy atom. The molecule has 0 bridgehead atoms. The van der Waals surface area contributed by atoms with Crippen molar-refractivity contribution in [1.82, 2.24) is 9.97 Å². The first-order valence-corrected chi connectivity index (χ1v) is 3.13. The van der Waals surface area contributed by atoms with E-state index in [4.69, 9.17) is 23.2 Å². The van der Waals surface area contributed by atoms with Gasteiger partial charge in [-0.3, -0.25) is 4.98 Å². The van der Waals surface area contributed by atoms with Crippen molar-refractivity contribution in [3.63, 3.8) is 0 Å². The van der Waals surface area contributed by atoms with Gasteiger partial charge in [0, 0.05) is 0 Å². The van der Waals surface area contributed by atoms with E-state index in [1.54, 1.807) is 0 Å². The van der Waals surface area contributed by atoms with Crippen molar-refractivity contribution in [1.29, 1.82) is 0 Å². The molecule has 4 N–H and O–H groups in total. The van der Waals surface area contributed by atoms with Crippen LogP contribution < -0.4 is 11.6 Å². The number of hydrogen-bond acceptors (Lipinski definition) is 4. The van der Waals surface area contributed by atoms with Crippen molar-refractivity contribution < 1.29 is 0 Å². The van der Waals surface area contributed by atoms with Gasteiger partial charge in [-0.15, -0.1) is 0 Å². The third-order valence-electron chi connectivity index (χ3n) is 1.01. The van der Waals surface area contributed by atoms with Gasteiger partial charge in [0.25, 0.3) is 0 Å². The second-order valence-electron chi connectivity index (χ2n) is 1.74. The van der Waals surface area contributed by atoms with Crippen LogP contribution in [0.2, 0.25) is 5.15 Å². The van der Waals surface area contributed by atoms with Crippen LogP contribution in [0.3, 0.4) is 0 Å². The summed E-state index contributed by atoms with van der Waals surface area (Å²) < 4.78 is 0. The summed E-state index contributed by atoms with van der Waals surface area (Å²) in [7, 11) is 0. The van der Waals surface area contributed by atoms with Gasteiger partial charge in [0.2, 0.25) is 0 Å². The normalized spacial score (nSPS) is 11.5. The van der Waals surface area contributed by atoms with E-state index in [2.05, 4.69) is 15.1 Å². The Balaban J connectivity index is 3.06. The van der Waals surface area contributed by atoms with Crippen molar-refractivity contribution in [3.8, 4) is 0 Å². The Kier molecular flexibility index (Phi) is 2.22. The zero-order valence-corrected chi connectivity index (χ0v) is 6.28. The third kappa shape index (κ3) is 1.78. The summed E-state index contributed by atoms with van der Waals surface area (Å²) in [4.78, 5) is 7.55. The van der Waals surface area contributed by atoms with Gasteiger partial charge < -0.3 is 11.6 Å². The van der Waals surface area contributed by atoms with Crippen LogP contribution >= 0.6 is 11.6 Å². The first-order chi connectivity index (χ1) is 5.24. The Bertz CT molecular complexity index is 284. The van der Waals surface area contributed by atoms with Crippen LogP contribution in [-0.4, -0.2) is 15.8 Å². The minimum absolute atomic E-state index is 0.111. The first-order valence-electron chi connectivity index (χ1n) is 2.75. The number of nitrogens with zero attached hydrogens (tertiary/aromatic N) is 3. The van der Waals surface area contributed by atoms with Gasteiger partial charge in [0.05, 0.1) is 12.4 Å². The van der Waals surface area contributed by atoms with E-state index >= 15 is 0 Å². The average molecular weight is 172 g/mol. The van der Waals surface area contributed by atoms with Crippen molar-refractivity contribution in [2.75, 3.05) is 0 Å². The van der Waals surface area contributed by atoms with Gasteiger partial charge in [-0.05, 0) is 0 Å². The molecule has 0 amide bonds. The van der Waals surface area contributed by atoms with Gasteiger partial charge in [-0.2, -0.15) is 5.10 Å². The number of amidine groups is 1. The Labute approximate surface area is 68.1 Å². The fourth-order valence-electron chi connectivity index (χ4n) is 0.532. The van der Waals surface area contributed by atoms with Gasteiger partial charge in [-0.25, -0.2) is 4.98 Å². The maximum Gasteiger partial charge on any atom is 0.170 e. The fourth-order valence-corrected chi connectivity index (χ4v) is 0.679. The molecule has 58 valence electrons. The van der Waals surface area contributed by atoms with Gasteiger partial charge in [0.15, 0.2) is 5.84 Å². The lowest BCUT2D eigenvalue weighted by atomic mass is 10.4. The second-order valence-corrected chi connectivity index (χ2v) is 2.13. The lowest BCUT2D eigenvalue weighted by molar-refractivity contribution is 1.14.